The Morgan fingerprint density at radius 3 is 2.44 bits per heavy atom. The summed E-state index contributed by atoms with van der Waals surface area (Å²) in [5, 5.41) is 2.93. The zero-order valence-corrected chi connectivity index (χ0v) is 17.2. The standard InChI is InChI=1S/C19H30N4O3S/c1-16-6-7-17(27(25,26)23-8-4-3-5-9-23)14-18(16)20-19(24)15-22-12-10-21(2)11-13-22/h6-7,14H,3-5,8-13,15H2,1-2H3,(H,20,24)/p+2. The van der Waals surface area contributed by atoms with E-state index in [1.54, 1.807) is 22.5 Å². The van der Waals surface area contributed by atoms with Gasteiger partial charge in [0.05, 0.1) is 11.9 Å². The third-order valence-corrected chi connectivity index (χ3v) is 7.55. The summed E-state index contributed by atoms with van der Waals surface area (Å²) in [6.07, 6.45) is 2.89. The number of hydrogen-bond donors (Lipinski definition) is 3. The van der Waals surface area contributed by atoms with Gasteiger partial charge in [0.25, 0.3) is 5.91 Å². The number of nitrogens with one attached hydrogen (secondary N) is 3. The predicted molar refractivity (Wildman–Crippen MR) is 105 cm³/mol. The van der Waals surface area contributed by atoms with Gasteiger partial charge in [-0.15, -0.1) is 0 Å². The average Bonchev–Trinajstić information content (AvgIpc) is 2.66. The number of hydrogen-bond acceptors (Lipinski definition) is 3. The summed E-state index contributed by atoms with van der Waals surface area (Å²) in [4.78, 5) is 15.5. The maximum absolute atomic E-state index is 12.9. The van der Waals surface area contributed by atoms with Gasteiger partial charge in [-0.1, -0.05) is 12.5 Å². The number of nitrogens with zero attached hydrogens (tertiary/aromatic N) is 1. The molecule has 0 aliphatic carbocycles. The van der Waals surface area contributed by atoms with E-state index in [2.05, 4.69) is 12.4 Å². The van der Waals surface area contributed by atoms with Crippen molar-refractivity contribution in [3.63, 3.8) is 0 Å². The Bertz CT molecular complexity index is 767. The van der Waals surface area contributed by atoms with Gasteiger partial charge in [0.1, 0.15) is 26.2 Å². The molecule has 3 rings (SSSR count). The molecule has 0 spiro atoms. The van der Waals surface area contributed by atoms with E-state index in [1.165, 1.54) is 9.80 Å². The van der Waals surface area contributed by atoms with Gasteiger partial charge in [0, 0.05) is 18.8 Å². The maximum Gasteiger partial charge on any atom is 0.279 e. The number of rotatable bonds is 5. The van der Waals surface area contributed by atoms with E-state index >= 15 is 0 Å². The van der Waals surface area contributed by atoms with Crippen molar-refractivity contribution < 1.29 is 23.0 Å². The number of piperazine rings is 1. The highest BCUT2D eigenvalue weighted by Crippen LogP contribution is 2.25. The molecule has 0 radical (unpaired) electrons. The number of benzene rings is 1. The highest BCUT2D eigenvalue weighted by Gasteiger charge is 2.27. The number of amides is 1. The van der Waals surface area contributed by atoms with Crippen LogP contribution in [0.25, 0.3) is 0 Å². The second-order valence-electron chi connectivity index (χ2n) is 7.87. The van der Waals surface area contributed by atoms with Gasteiger partial charge in [0.15, 0.2) is 6.54 Å². The number of carbonyl (C=O) groups excluding carboxylic acids is 1. The Hall–Kier alpha value is -1.48. The molecule has 2 heterocycles. The van der Waals surface area contributed by atoms with Crippen molar-refractivity contribution in [2.75, 3.05) is 58.2 Å². The molecular weight excluding hydrogens is 364 g/mol. The molecule has 2 aliphatic rings. The van der Waals surface area contributed by atoms with E-state index in [0.29, 0.717) is 25.3 Å². The first-order valence-electron chi connectivity index (χ1n) is 9.92. The third-order valence-electron chi connectivity index (χ3n) is 5.66. The van der Waals surface area contributed by atoms with Crippen molar-refractivity contribution in [3.8, 4) is 0 Å². The fourth-order valence-electron chi connectivity index (χ4n) is 3.78. The summed E-state index contributed by atoms with van der Waals surface area (Å²) in [5.74, 6) is -0.0554. The quantitative estimate of drug-likeness (QED) is 0.568. The summed E-state index contributed by atoms with van der Waals surface area (Å²) in [6.45, 7) is 7.59. The number of likely N-dealkylation sites (N-methyl/N-ethyl adjacent to an activating group) is 1. The molecule has 150 valence electrons. The summed E-state index contributed by atoms with van der Waals surface area (Å²) < 4.78 is 27.3. The van der Waals surface area contributed by atoms with E-state index in [-0.39, 0.29) is 10.8 Å². The lowest BCUT2D eigenvalue weighted by molar-refractivity contribution is -0.999. The van der Waals surface area contributed by atoms with E-state index in [0.717, 1.165) is 51.0 Å². The molecule has 3 N–H and O–H groups in total. The van der Waals surface area contributed by atoms with Crippen molar-refractivity contribution in [2.24, 2.45) is 0 Å². The number of quaternary nitrogens is 2. The Morgan fingerprint density at radius 1 is 1.11 bits per heavy atom. The van der Waals surface area contributed by atoms with Crippen LogP contribution in [0.3, 0.4) is 0 Å². The van der Waals surface area contributed by atoms with E-state index in [9.17, 15) is 13.2 Å². The lowest BCUT2D eigenvalue weighted by Crippen LogP contribution is -3.27. The van der Waals surface area contributed by atoms with Crippen LogP contribution in [0, 0.1) is 6.92 Å². The molecule has 0 saturated carbocycles. The molecule has 2 saturated heterocycles. The van der Waals surface area contributed by atoms with Crippen LogP contribution in [0.15, 0.2) is 23.1 Å². The first-order chi connectivity index (χ1) is 12.9. The SMILES string of the molecule is Cc1ccc(S(=O)(=O)N2CCCCC2)cc1NC(=O)C[NH+]1CC[NH+](C)CC1. The van der Waals surface area contributed by atoms with Crippen LogP contribution in [0.4, 0.5) is 5.69 Å². The minimum absolute atomic E-state index is 0.0554. The second kappa shape index (κ2) is 8.68. The Balaban J connectivity index is 1.68. The van der Waals surface area contributed by atoms with Crippen LogP contribution in [0.2, 0.25) is 0 Å². The van der Waals surface area contributed by atoms with E-state index < -0.39 is 10.0 Å². The fraction of sp³-hybridized carbons (Fsp3) is 0.632. The van der Waals surface area contributed by atoms with Crippen molar-refractivity contribution in [2.45, 2.75) is 31.1 Å². The van der Waals surface area contributed by atoms with Gasteiger partial charge < -0.3 is 15.1 Å². The number of carbonyl (C=O) groups is 1. The van der Waals surface area contributed by atoms with Crippen LogP contribution in [-0.4, -0.2) is 71.5 Å². The van der Waals surface area contributed by atoms with Gasteiger partial charge in [-0.3, -0.25) is 4.79 Å². The van der Waals surface area contributed by atoms with Crippen molar-refractivity contribution >= 4 is 21.6 Å². The number of aryl methyl sites for hydroxylation is 1. The molecule has 1 amide bonds. The van der Waals surface area contributed by atoms with Gasteiger partial charge in [-0.2, -0.15) is 4.31 Å². The molecule has 0 unspecified atom stereocenters. The molecule has 1 aromatic carbocycles. The van der Waals surface area contributed by atoms with Gasteiger partial charge in [0.2, 0.25) is 10.0 Å². The predicted octanol–water partition coefficient (Wildman–Crippen LogP) is -1.48. The fourth-order valence-corrected chi connectivity index (χ4v) is 5.32. The highest BCUT2D eigenvalue weighted by molar-refractivity contribution is 7.89. The van der Waals surface area contributed by atoms with Crippen LogP contribution in [0.1, 0.15) is 24.8 Å². The summed E-state index contributed by atoms with van der Waals surface area (Å²) in [6, 6.07) is 5.03. The third kappa shape index (κ3) is 5.07. The first-order valence-corrected chi connectivity index (χ1v) is 11.4. The Labute approximate surface area is 162 Å². The molecule has 2 aliphatic heterocycles. The highest BCUT2D eigenvalue weighted by atomic mass is 32.2. The minimum atomic E-state index is -3.50. The minimum Gasteiger partial charge on any atom is -0.328 e. The summed E-state index contributed by atoms with van der Waals surface area (Å²) >= 11 is 0. The van der Waals surface area contributed by atoms with E-state index in [1.807, 2.05) is 6.92 Å². The average molecular weight is 397 g/mol. The van der Waals surface area contributed by atoms with Gasteiger partial charge in [-0.25, -0.2) is 8.42 Å². The largest absolute Gasteiger partial charge is 0.328 e. The monoisotopic (exact) mass is 396 g/mol. The van der Waals surface area contributed by atoms with Crippen LogP contribution < -0.4 is 15.1 Å². The lowest BCUT2D eigenvalue weighted by Gasteiger charge is -2.27. The molecule has 7 nitrogen and oxygen atoms in total. The number of piperidine rings is 1. The normalized spacial score (nSPS) is 24.5. The maximum atomic E-state index is 12.9. The molecule has 0 bridgehead atoms. The molecular formula is C19H32N4O3S+2. The smallest absolute Gasteiger partial charge is 0.279 e. The lowest BCUT2D eigenvalue weighted by atomic mass is 10.2. The van der Waals surface area contributed by atoms with Gasteiger partial charge in [-0.05, 0) is 37.5 Å². The topological polar surface area (TPSA) is 75.4 Å². The number of sulfonamides is 1. The molecule has 1 aromatic rings. The Morgan fingerprint density at radius 2 is 1.78 bits per heavy atom. The molecule has 2 fully saturated rings. The number of anilines is 1. The van der Waals surface area contributed by atoms with E-state index in [4.69, 9.17) is 0 Å². The Kier molecular flexibility index (Phi) is 6.52. The van der Waals surface area contributed by atoms with Crippen molar-refractivity contribution in [3.05, 3.63) is 23.8 Å². The molecule has 8 heteroatoms. The zero-order valence-electron chi connectivity index (χ0n) is 16.4. The molecule has 0 atom stereocenters. The van der Waals surface area contributed by atoms with Crippen LogP contribution in [-0.2, 0) is 14.8 Å². The zero-order chi connectivity index (χ0) is 19.4. The summed E-state index contributed by atoms with van der Waals surface area (Å²) in [5.41, 5.74) is 1.47. The van der Waals surface area contributed by atoms with Gasteiger partial charge >= 0.3 is 0 Å². The summed E-state index contributed by atoms with van der Waals surface area (Å²) in [7, 11) is -1.32. The first kappa shape index (κ1) is 20.3. The van der Waals surface area contributed by atoms with Crippen molar-refractivity contribution in [1.82, 2.24) is 4.31 Å². The van der Waals surface area contributed by atoms with Crippen LogP contribution >= 0.6 is 0 Å². The van der Waals surface area contributed by atoms with Crippen molar-refractivity contribution in [1.29, 1.82) is 0 Å². The van der Waals surface area contributed by atoms with Crippen LogP contribution in [0.5, 0.6) is 0 Å². The molecule has 27 heavy (non-hydrogen) atoms. The molecule has 0 aromatic heterocycles. The second-order valence-corrected chi connectivity index (χ2v) is 9.81.